The minimum absolute atomic E-state index is 0.0847. The first-order chi connectivity index (χ1) is 16.6. The largest absolute Gasteiger partial charge is 0.483 e. The molecule has 1 aliphatic rings. The molecule has 0 aromatic heterocycles. The quantitative estimate of drug-likeness (QED) is 0.484. The lowest BCUT2D eigenvalue weighted by Crippen LogP contribution is -2.52. The summed E-state index contributed by atoms with van der Waals surface area (Å²) in [6.07, 6.45) is 6.24. The fourth-order valence-corrected chi connectivity index (χ4v) is 4.68. The molecule has 1 fully saturated rings. The highest BCUT2D eigenvalue weighted by molar-refractivity contribution is 5.90. The highest BCUT2D eigenvalue weighted by Crippen LogP contribution is 2.25. The Morgan fingerprint density at radius 3 is 2.44 bits per heavy atom. The molecule has 0 aliphatic heterocycles. The van der Waals surface area contributed by atoms with Gasteiger partial charge in [0.2, 0.25) is 5.91 Å². The van der Waals surface area contributed by atoms with Crippen molar-refractivity contribution in [3.8, 4) is 5.75 Å². The maximum Gasteiger partial charge on any atom is 0.261 e. The molecular weight excluding hydrogens is 424 g/mol. The molecule has 1 saturated carbocycles. The third kappa shape index (κ3) is 6.16. The zero-order valence-corrected chi connectivity index (χ0v) is 19.9. The zero-order valence-electron chi connectivity index (χ0n) is 19.9. The van der Waals surface area contributed by atoms with Gasteiger partial charge in [0, 0.05) is 18.0 Å². The summed E-state index contributed by atoms with van der Waals surface area (Å²) >= 11 is 0. The second kappa shape index (κ2) is 11.7. The Morgan fingerprint density at radius 2 is 1.65 bits per heavy atom. The second-order valence-corrected chi connectivity index (χ2v) is 9.11. The van der Waals surface area contributed by atoms with Gasteiger partial charge in [-0.2, -0.15) is 0 Å². The van der Waals surface area contributed by atoms with Crippen molar-refractivity contribution >= 4 is 22.6 Å². The predicted octanol–water partition coefficient (Wildman–Crippen LogP) is 5.13. The SMILES string of the molecule is CC(C(=O)NC1CCCCC1)N(CCc1ccccc1)C(=O)COc1cccc2ccccc12. The summed E-state index contributed by atoms with van der Waals surface area (Å²) in [5.41, 5.74) is 1.13. The molecule has 1 unspecified atom stereocenters. The van der Waals surface area contributed by atoms with Crippen LogP contribution in [0.5, 0.6) is 5.75 Å². The lowest BCUT2D eigenvalue weighted by Gasteiger charge is -2.31. The number of amides is 2. The van der Waals surface area contributed by atoms with Crippen LogP contribution in [-0.4, -0.2) is 41.9 Å². The number of hydrogen-bond donors (Lipinski definition) is 1. The molecule has 0 radical (unpaired) electrons. The van der Waals surface area contributed by atoms with Gasteiger partial charge >= 0.3 is 0 Å². The normalized spacial score (nSPS) is 15.0. The van der Waals surface area contributed by atoms with Gasteiger partial charge in [0.25, 0.3) is 5.91 Å². The van der Waals surface area contributed by atoms with Crippen molar-refractivity contribution in [3.63, 3.8) is 0 Å². The van der Waals surface area contributed by atoms with E-state index in [1.54, 1.807) is 4.90 Å². The van der Waals surface area contributed by atoms with Crippen LogP contribution < -0.4 is 10.1 Å². The van der Waals surface area contributed by atoms with Crippen molar-refractivity contribution in [1.29, 1.82) is 0 Å². The number of ether oxygens (including phenoxy) is 1. The van der Waals surface area contributed by atoms with E-state index in [-0.39, 0.29) is 24.5 Å². The molecule has 5 heteroatoms. The highest BCUT2D eigenvalue weighted by Gasteiger charge is 2.28. The first-order valence-electron chi connectivity index (χ1n) is 12.4. The molecule has 3 aromatic carbocycles. The fraction of sp³-hybridized carbons (Fsp3) is 0.379. The molecule has 34 heavy (non-hydrogen) atoms. The van der Waals surface area contributed by atoms with E-state index in [1.807, 2.05) is 79.7 Å². The number of fused-ring (bicyclic) bond motifs is 1. The Balaban J connectivity index is 1.45. The molecule has 0 saturated heterocycles. The average Bonchev–Trinajstić information content (AvgIpc) is 2.88. The zero-order chi connectivity index (χ0) is 23.8. The van der Waals surface area contributed by atoms with Gasteiger partial charge in [-0.25, -0.2) is 0 Å². The Bertz CT molecular complexity index is 1090. The van der Waals surface area contributed by atoms with E-state index in [0.717, 1.165) is 42.0 Å². The van der Waals surface area contributed by atoms with Crippen molar-refractivity contribution < 1.29 is 14.3 Å². The molecule has 3 aromatic rings. The number of hydrogen-bond acceptors (Lipinski definition) is 3. The van der Waals surface area contributed by atoms with Gasteiger partial charge in [-0.1, -0.05) is 86.0 Å². The van der Waals surface area contributed by atoms with E-state index >= 15 is 0 Å². The van der Waals surface area contributed by atoms with Gasteiger partial charge in [0.15, 0.2) is 6.61 Å². The first kappa shape index (κ1) is 23.8. The van der Waals surface area contributed by atoms with E-state index in [9.17, 15) is 9.59 Å². The summed E-state index contributed by atoms with van der Waals surface area (Å²) in [5.74, 6) is 0.405. The minimum Gasteiger partial charge on any atom is -0.483 e. The van der Waals surface area contributed by atoms with Gasteiger partial charge in [-0.3, -0.25) is 9.59 Å². The maximum atomic E-state index is 13.3. The summed E-state index contributed by atoms with van der Waals surface area (Å²) < 4.78 is 5.97. The van der Waals surface area contributed by atoms with Crippen molar-refractivity contribution in [2.75, 3.05) is 13.2 Å². The number of benzene rings is 3. The fourth-order valence-electron chi connectivity index (χ4n) is 4.68. The van der Waals surface area contributed by atoms with E-state index in [2.05, 4.69) is 5.32 Å². The summed E-state index contributed by atoms with van der Waals surface area (Å²) in [6, 6.07) is 23.5. The summed E-state index contributed by atoms with van der Waals surface area (Å²) in [5, 5.41) is 5.21. The Labute approximate surface area is 202 Å². The molecule has 1 N–H and O–H groups in total. The van der Waals surface area contributed by atoms with Gasteiger partial charge in [0.1, 0.15) is 11.8 Å². The van der Waals surface area contributed by atoms with Gasteiger partial charge in [0.05, 0.1) is 0 Å². The van der Waals surface area contributed by atoms with E-state index < -0.39 is 6.04 Å². The topological polar surface area (TPSA) is 58.6 Å². The molecule has 0 bridgehead atoms. The molecular formula is C29H34N2O3. The third-order valence-electron chi connectivity index (χ3n) is 6.70. The summed E-state index contributed by atoms with van der Waals surface area (Å²) in [7, 11) is 0. The van der Waals surface area contributed by atoms with Gasteiger partial charge in [-0.05, 0) is 43.2 Å². The van der Waals surface area contributed by atoms with Gasteiger partial charge < -0.3 is 15.0 Å². The van der Waals surface area contributed by atoms with Crippen LogP contribution >= 0.6 is 0 Å². The van der Waals surface area contributed by atoms with Crippen molar-refractivity contribution in [2.24, 2.45) is 0 Å². The highest BCUT2D eigenvalue weighted by atomic mass is 16.5. The van der Waals surface area contributed by atoms with Gasteiger partial charge in [-0.15, -0.1) is 0 Å². The van der Waals surface area contributed by atoms with E-state index in [1.165, 1.54) is 6.42 Å². The number of rotatable bonds is 9. The summed E-state index contributed by atoms with van der Waals surface area (Å²) in [4.78, 5) is 28.1. The number of carbonyl (C=O) groups is 2. The standard InChI is InChI=1S/C29H34N2O3/c1-22(29(33)30-25-15-6-3-7-16-25)31(20-19-23-11-4-2-5-12-23)28(32)21-34-27-18-10-14-24-13-8-9-17-26(24)27/h2,4-5,8-14,17-18,22,25H,3,6-7,15-16,19-21H2,1H3,(H,30,33). The van der Waals surface area contributed by atoms with Crippen LogP contribution in [0.3, 0.4) is 0 Å². The van der Waals surface area contributed by atoms with E-state index in [0.29, 0.717) is 18.7 Å². The van der Waals surface area contributed by atoms with E-state index in [4.69, 9.17) is 4.74 Å². The molecule has 0 spiro atoms. The van der Waals surface area contributed by atoms with Crippen molar-refractivity contribution in [3.05, 3.63) is 78.4 Å². The molecule has 1 atom stereocenters. The molecule has 5 nitrogen and oxygen atoms in total. The van der Waals surface area contributed by atoms with Crippen LogP contribution in [0.1, 0.15) is 44.6 Å². The Morgan fingerprint density at radius 1 is 0.941 bits per heavy atom. The Kier molecular flexibility index (Phi) is 8.18. The number of carbonyl (C=O) groups excluding carboxylic acids is 2. The molecule has 2 amide bonds. The molecule has 4 rings (SSSR count). The monoisotopic (exact) mass is 458 g/mol. The number of nitrogens with zero attached hydrogens (tertiary/aromatic N) is 1. The van der Waals surface area contributed by atoms with Crippen molar-refractivity contribution in [2.45, 2.75) is 57.5 Å². The third-order valence-corrected chi connectivity index (χ3v) is 6.70. The molecule has 178 valence electrons. The average molecular weight is 459 g/mol. The van der Waals surface area contributed by atoms with Crippen LogP contribution in [0.25, 0.3) is 10.8 Å². The Hall–Kier alpha value is -3.34. The second-order valence-electron chi connectivity index (χ2n) is 9.11. The first-order valence-corrected chi connectivity index (χ1v) is 12.4. The van der Waals surface area contributed by atoms with Crippen LogP contribution in [-0.2, 0) is 16.0 Å². The van der Waals surface area contributed by atoms with Crippen molar-refractivity contribution in [1.82, 2.24) is 10.2 Å². The number of nitrogens with one attached hydrogen (secondary N) is 1. The lowest BCUT2D eigenvalue weighted by molar-refractivity contribution is -0.141. The summed E-state index contributed by atoms with van der Waals surface area (Å²) in [6.45, 7) is 2.17. The molecule has 0 heterocycles. The lowest BCUT2D eigenvalue weighted by atomic mass is 9.95. The van der Waals surface area contributed by atoms with Crippen LogP contribution in [0.2, 0.25) is 0 Å². The maximum absolute atomic E-state index is 13.3. The van der Waals surface area contributed by atoms with Crippen LogP contribution in [0.4, 0.5) is 0 Å². The minimum atomic E-state index is -0.561. The predicted molar refractivity (Wildman–Crippen MR) is 136 cm³/mol. The van der Waals surface area contributed by atoms with Crippen LogP contribution in [0.15, 0.2) is 72.8 Å². The smallest absolute Gasteiger partial charge is 0.261 e. The van der Waals surface area contributed by atoms with Crippen LogP contribution in [0, 0.1) is 0 Å². The molecule has 1 aliphatic carbocycles.